The Morgan fingerprint density at radius 1 is 1.10 bits per heavy atom. The van der Waals surface area contributed by atoms with Gasteiger partial charge in [-0.3, -0.25) is 0 Å². The number of hydrogen-bond acceptors (Lipinski definition) is 3. The van der Waals surface area contributed by atoms with Crippen LogP contribution in [0.25, 0.3) is 11.4 Å². The lowest BCUT2D eigenvalue weighted by atomic mass is 10.1. The Bertz CT molecular complexity index is 667. The van der Waals surface area contributed by atoms with E-state index in [0.717, 1.165) is 34.5 Å². The normalized spacial score (nSPS) is 14.4. The lowest BCUT2D eigenvalue weighted by Gasteiger charge is -2.13. The average Bonchev–Trinajstić information content (AvgIpc) is 2.74. The van der Waals surface area contributed by atoms with Gasteiger partial charge in [0.25, 0.3) is 0 Å². The third-order valence-corrected chi connectivity index (χ3v) is 4.98. The summed E-state index contributed by atoms with van der Waals surface area (Å²) in [5, 5.41) is 3.26. The number of nitrogens with one attached hydrogen (secondary N) is 1. The van der Waals surface area contributed by atoms with E-state index in [9.17, 15) is 0 Å². The van der Waals surface area contributed by atoms with Crippen molar-refractivity contribution in [2.45, 2.75) is 39.0 Å². The van der Waals surface area contributed by atoms with Crippen LogP contribution in [0.2, 0.25) is 0 Å². The molecule has 1 aliphatic carbocycles. The molecule has 0 atom stereocenters. The zero-order valence-electron chi connectivity index (χ0n) is 12.5. The molecule has 3 nitrogen and oxygen atoms in total. The Labute approximate surface area is 134 Å². The highest BCUT2D eigenvalue weighted by Gasteiger charge is 2.17. The Kier molecular flexibility index (Phi) is 4.24. The third-order valence-electron chi connectivity index (χ3n) is 4.09. The quantitative estimate of drug-likeness (QED) is 0.812. The molecule has 110 valence electrons. The minimum atomic E-state index is 0.829. The molecule has 1 aromatic carbocycles. The van der Waals surface area contributed by atoms with Crippen molar-refractivity contribution < 1.29 is 0 Å². The lowest BCUT2D eigenvalue weighted by molar-refractivity contribution is 0.709. The molecular weight excluding hydrogens is 326 g/mol. The number of fused-ring (bicyclic) bond motifs is 1. The van der Waals surface area contributed by atoms with E-state index in [0.29, 0.717) is 0 Å². The van der Waals surface area contributed by atoms with Crippen LogP contribution in [-0.2, 0) is 12.8 Å². The summed E-state index contributed by atoms with van der Waals surface area (Å²) in [6.07, 6.45) is 5.90. The van der Waals surface area contributed by atoms with Gasteiger partial charge in [0, 0.05) is 28.3 Å². The molecule has 1 aromatic heterocycles. The maximum atomic E-state index is 4.86. The Morgan fingerprint density at radius 3 is 2.67 bits per heavy atom. The van der Waals surface area contributed by atoms with Crippen molar-refractivity contribution in [2.75, 3.05) is 12.4 Å². The smallest absolute Gasteiger partial charge is 0.161 e. The van der Waals surface area contributed by atoms with Gasteiger partial charge in [-0.2, -0.15) is 0 Å². The molecule has 21 heavy (non-hydrogen) atoms. The first-order chi connectivity index (χ1) is 10.2. The Hall–Kier alpha value is -1.42. The second kappa shape index (κ2) is 6.14. The largest absolute Gasteiger partial charge is 0.373 e. The average molecular weight is 346 g/mol. The molecule has 0 unspecified atom stereocenters. The van der Waals surface area contributed by atoms with Gasteiger partial charge >= 0.3 is 0 Å². The van der Waals surface area contributed by atoms with E-state index in [2.05, 4.69) is 46.4 Å². The number of rotatable bonds is 2. The van der Waals surface area contributed by atoms with Crippen molar-refractivity contribution in [2.24, 2.45) is 0 Å². The van der Waals surface area contributed by atoms with Crippen LogP contribution in [0.1, 0.15) is 36.1 Å². The maximum absolute atomic E-state index is 4.86. The predicted octanol–water partition coefficient (Wildman–Crippen LogP) is 4.53. The Morgan fingerprint density at radius 2 is 1.90 bits per heavy atom. The molecule has 1 N–H and O–H groups in total. The number of aryl methyl sites for hydroxylation is 2. The van der Waals surface area contributed by atoms with Crippen LogP contribution >= 0.6 is 15.9 Å². The first kappa shape index (κ1) is 14.5. The van der Waals surface area contributed by atoms with Crippen LogP contribution in [-0.4, -0.2) is 17.0 Å². The van der Waals surface area contributed by atoms with Crippen LogP contribution in [0.5, 0.6) is 0 Å². The summed E-state index contributed by atoms with van der Waals surface area (Å²) in [6.45, 7) is 2.09. The number of hydrogen-bond donors (Lipinski definition) is 1. The molecule has 1 aliphatic rings. The number of benzene rings is 1. The molecule has 0 saturated carbocycles. The number of halogens is 1. The van der Waals surface area contributed by atoms with Crippen molar-refractivity contribution in [1.82, 2.24) is 9.97 Å². The predicted molar refractivity (Wildman–Crippen MR) is 90.7 cm³/mol. The monoisotopic (exact) mass is 345 g/mol. The van der Waals surface area contributed by atoms with E-state index in [4.69, 9.17) is 9.97 Å². The Balaban J connectivity index is 2.10. The van der Waals surface area contributed by atoms with Gasteiger partial charge in [0.05, 0.1) is 0 Å². The fourth-order valence-corrected chi connectivity index (χ4v) is 3.14. The second-order valence-electron chi connectivity index (χ2n) is 5.60. The van der Waals surface area contributed by atoms with Crippen molar-refractivity contribution in [1.29, 1.82) is 0 Å². The van der Waals surface area contributed by atoms with Crippen molar-refractivity contribution >= 4 is 21.7 Å². The van der Waals surface area contributed by atoms with Gasteiger partial charge in [0.2, 0.25) is 0 Å². The minimum absolute atomic E-state index is 0.829. The van der Waals surface area contributed by atoms with Gasteiger partial charge < -0.3 is 5.32 Å². The number of aromatic nitrogens is 2. The molecule has 0 radical (unpaired) electrons. The van der Waals surface area contributed by atoms with E-state index in [1.807, 2.05) is 7.05 Å². The zero-order valence-corrected chi connectivity index (χ0v) is 14.1. The molecule has 0 saturated heterocycles. The van der Waals surface area contributed by atoms with Crippen LogP contribution in [0.4, 0.5) is 5.82 Å². The highest BCUT2D eigenvalue weighted by molar-refractivity contribution is 9.10. The van der Waals surface area contributed by atoms with E-state index >= 15 is 0 Å². The fraction of sp³-hybridized carbons (Fsp3) is 0.412. The summed E-state index contributed by atoms with van der Waals surface area (Å²) >= 11 is 3.55. The maximum Gasteiger partial charge on any atom is 0.161 e. The van der Waals surface area contributed by atoms with Crippen LogP contribution < -0.4 is 5.32 Å². The molecule has 0 bridgehead atoms. The van der Waals surface area contributed by atoms with Crippen molar-refractivity contribution in [3.8, 4) is 11.4 Å². The molecule has 0 fully saturated rings. The van der Waals surface area contributed by atoms with Gasteiger partial charge in [-0.15, -0.1) is 0 Å². The first-order valence-corrected chi connectivity index (χ1v) is 8.32. The highest BCUT2D eigenvalue weighted by Crippen LogP contribution is 2.29. The fourth-order valence-electron chi connectivity index (χ4n) is 2.89. The summed E-state index contributed by atoms with van der Waals surface area (Å²) in [6, 6.07) is 6.29. The SMILES string of the molecule is CNc1nc(-c2ccc(Br)c(C)c2)nc2c1CCCCC2. The standard InChI is InChI=1S/C17H20BrN3/c1-11-10-12(8-9-14(11)18)16-20-15-7-5-3-4-6-13(15)17(19-2)21-16/h8-10H,3-7H2,1-2H3,(H,19,20,21). The zero-order chi connectivity index (χ0) is 14.8. The van der Waals surface area contributed by atoms with Gasteiger partial charge in [-0.25, -0.2) is 9.97 Å². The minimum Gasteiger partial charge on any atom is -0.373 e. The van der Waals surface area contributed by atoms with Crippen molar-refractivity contribution in [3.05, 3.63) is 39.5 Å². The first-order valence-electron chi connectivity index (χ1n) is 7.53. The van der Waals surface area contributed by atoms with E-state index in [-0.39, 0.29) is 0 Å². The second-order valence-corrected chi connectivity index (χ2v) is 6.45. The van der Waals surface area contributed by atoms with Gasteiger partial charge in [-0.1, -0.05) is 28.4 Å². The molecule has 0 aliphatic heterocycles. The molecule has 0 amide bonds. The van der Waals surface area contributed by atoms with Gasteiger partial charge in [0.1, 0.15) is 5.82 Å². The summed E-state index contributed by atoms with van der Waals surface area (Å²) < 4.78 is 1.12. The molecule has 1 heterocycles. The summed E-state index contributed by atoms with van der Waals surface area (Å²) in [5.74, 6) is 1.83. The topological polar surface area (TPSA) is 37.8 Å². The molecule has 0 spiro atoms. The van der Waals surface area contributed by atoms with Crippen LogP contribution in [0.15, 0.2) is 22.7 Å². The van der Waals surface area contributed by atoms with Gasteiger partial charge in [0.15, 0.2) is 5.82 Å². The summed E-state index contributed by atoms with van der Waals surface area (Å²) in [4.78, 5) is 9.61. The number of anilines is 1. The van der Waals surface area contributed by atoms with Gasteiger partial charge in [-0.05, 0) is 50.3 Å². The van der Waals surface area contributed by atoms with Crippen LogP contribution in [0.3, 0.4) is 0 Å². The summed E-state index contributed by atoms with van der Waals surface area (Å²) in [7, 11) is 1.95. The molecule has 2 aromatic rings. The van der Waals surface area contributed by atoms with E-state index < -0.39 is 0 Å². The molecular formula is C17H20BrN3. The summed E-state index contributed by atoms with van der Waals surface area (Å²) in [5.41, 5.74) is 4.83. The van der Waals surface area contributed by atoms with Crippen LogP contribution in [0, 0.1) is 6.92 Å². The lowest BCUT2D eigenvalue weighted by Crippen LogP contribution is -2.07. The third kappa shape index (κ3) is 2.95. The molecule has 3 rings (SSSR count). The van der Waals surface area contributed by atoms with Crippen molar-refractivity contribution in [3.63, 3.8) is 0 Å². The number of nitrogens with zero attached hydrogens (tertiary/aromatic N) is 2. The van der Waals surface area contributed by atoms with E-state index in [1.54, 1.807) is 0 Å². The molecule has 4 heteroatoms. The highest BCUT2D eigenvalue weighted by atomic mass is 79.9. The van der Waals surface area contributed by atoms with E-state index in [1.165, 1.54) is 36.1 Å².